The lowest BCUT2D eigenvalue weighted by atomic mass is 10.1. The molecule has 1 fully saturated rings. The molecule has 4 heterocycles. The van der Waals surface area contributed by atoms with Gasteiger partial charge in [-0.05, 0) is 61.2 Å². The normalized spacial score (nSPS) is 14.2. The summed E-state index contributed by atoms with van der Waals surface area (Å²) in [6, 6.07) is 16.1. The Labute approximate surface area is 253 Å². The lowest BCUT2D eigenvalue weighted by Crippen LogP contribution is -2.34. The minimum absolute atomic E-state index is 0.102. The Morgan fingerprint density at radius 2 is 1.81 bits per heavy atom. The monoisotopic (exact) mass is 602 g/mol. The fourth-order valence-corrected chi connectivity index (χ4v) is 4.78. The first-order valence-corrected chi connectivity index (χ1v) is 14.3. The molecule has 4 aromatic rings. The van der Waals surface area contributed by atoms with Gasteiger partial charge in [0.05, 0.1) is 17.8 Å². The van der Waals surface area contributed by atoms with E-state index in [0.717, 1.165) is 48.7 Å². The highest BCUT2D eigenvalue weighted by atomic mass is 35.5. The first kappa shape index (κ1) is 29.7. The predicted molar refractivity (Wildman–Crippen MR) is 163 cm³/mol. The standard InChI is InChI=1S/C17H19NO3.C15H12ClN3O3/c19-17(18-10-4-1-5-11-18)7-3-2-6-14-8-9-15-16(12-14)21-13-20-15;16-10-4-5-12-13(7-10)22-15(21)19(12)9-14(20)18-8-11-3-1-2-6-17-11/h2-3,6-9,12H,1,4-5,10-11,13H2;1-7H,8-9H2,(H,18,20). The van der Waals surface area contributed by atoms with Crippen molar-refractivity contribution in [2.24, 2.45) is 0 Å². The van der Waals surface area contributed by atoms with Crippen molar-refractivity contribution in [1.29, 1.82) is 0 Å². The lowest BCUT2D eigenvalue weighted by molar-refractivity contribution is -0.127. The van der Waals surface area contributed by atoms with Crippen molar-refractivity contribution in [3.05, 3.63) is 106 Å². The number of hydrogen-bond donors (Lipinski definition) is 1. The summed E-state index contributed by atoms with van der Waals surface area (Å²) < 4.78 is 16.9. The van der Waals surface area contributed by atoms with Crippen molar-refractivity contribution in [2.45, 2.75) is 32.4 Å². The van der Waals surface area contributed by atoms with Crippen LogP contribution in [0.3, 0.4) is 0 Å². The van der Waals surface area contributed by atoms with Crippen molar-refractivity contribution in [3.8, 4) is 11.5 Å². The molecule has 2 aromatic carbocycles. The number of allylic oxidation sites excluding steroid dienone is 2. The third-order valence-electron chi connectivity index (χ3n) is 6.83. The molecule has 0 unspecified atom stereocenters. The molecule has 2 aromatic heterocycles. The number of nitrogens with one attached hydrogen (secondary N) is 1. The Morgan fingerprint density at radius 1 is 0.977 bits per heavy atom. The van der Waals surface area contributed by atoms with E-state index in [1.807, 2.05) is 47.4 Å². The van der Waals surface area contributed by atoms with Gasteiger partial charge in [-0.1, -0.05) is 42.0 Å². The van der Waals surface area contributed by atoms with Gasteiger partial charge >= 0.3 is 5.76 Å². The first-order valence-electron chi connectivity index (χ1n) is 13.9. The zero-order valence-electron chi connectivity index (χ0n) is 23.4. The van der Waals surface area contributed by atoms with Gasteiger partial charge in [-0.3, -0.25) is 19.1 Å². The maximum atomic E-state index is 12.0. The van der Waals surface area contributed by atoms with Crippen molar-refractivity contribution >= 4 is 40.6 Å². The fraction of sp³-hybridized carbons (Fsp3) is 0.250. The number of amides is 2. The third kappa shape index (κ3) is 8.14. The van der Waals surface area contributed by atoms with Gasteiger partial charge in [0.2, 0.25) is 18.6 Å². The summed E-state index contributed by atoms with van der Waals surface area (Å²) in [4.78, 5) is 41.8. The Morgan fingerprint density at radius 3 is 2.63 bits per heavy atom. The second kappa shape index (κ2) is 14.4. The van der Waals surface area contributed by atoms with Crippen LogP contribution in [0.15, 0.2) is 88.2 Å². The number of halogens is 1. The average Bonchev–Trinajstić information content (AvgIpc) is 3.62. The molecule has 222 valence electrons. The van der Waals surface area contributed by atoms with Crippen LogP contribution in [0.25, 0.3) is 17.2 Å². The zero-order valence-corrected chi connectivity index (χ0v) is 24.2. The van der Waals surface area contributed by atoms with Crippen LogP contribution < -0.4 is 20.5 Å². The largest absolute Gasteiger partial charge is 0.454 e. The van der Waals surface area contributed by atoms with Gasteiger partial charge in [0, 0.05) is 36.5 Å². The molecule has 0 spiro atoms. The minimum atomic E-state index is -0.592. The summed E-state index contributed by atoms with van der Waals surface area (Å²) in [5, 5.41) is 3.18. The van der Waals surface area contributed by atoms with Crippen LogP contribution in [0.5, 0.6) is 11.5 Å². The van der Waals surface area contributed by atoms with E-state index < -0.39 is 5.76 Å². The van der Waals surface area contributed by atoms with Gasteiger partial charge in [-0.15, -0.1) is 0 Å². The van der Waals surface area contributed by atoms with E-state index >= 15 is 0 Å². The number of nitrogens with zero attached hydrogens (tertiary/aromatic N) is 3. The number of benzene rings is 2. The molecule has 43 heavy (non-hydrogen) atoms. The number of fused-ring (bicyclic) bond motifs is 2. The third-order valence-corrected chi connectivity index (χ3v) is 7.06. The van der Waals surface area contributed by atoms with Crippen molar-refractivity contribution in [2.75, 3.05) is 19.9 Å². The van der Waals surface area contributed by atoms with E-state index in [2.05, 4.69) is 10.3 Å². The lowest BCUT2D eigenvalue weighted by Gasteiger charge is -2.25. The van der Waals surface area contributed by atoms with Gasteiger partial charge in [-0.2, -0.15) is 0 Å². The molecule has 2 aliphatic rings. The molecule has 2 amide bonds. The maximum absolute atomic E-state index is 12.0. The van der Waals surface area contributed by atoms with Crippen LogP contribution in [0.4, 0.5) is 0 Å². The Hall–Kier alpha value is -4.83. The molecular formula is C32H31ClN4O6. The number of hydrogen-bond acceptors (Lipinski definition) is 7. The van der Waals surface area contributed by atoms with E-state index in [4.69, 9.17) is 25.5 Å². The Balaban J connectivity index is 0.000000171. The smallest absolute Gasteiger partial charge is 0.420 e. The summed E-state index contributed by atoms with van der Waals surface area (Å²) in [6.45, 7) is 2.23. The predicted octanol–water partition coefficient (Wildman–Crippen LogP) is 4.96. The fourth-order valence-electron chi connectivity index (χ4n) is 4.62. The zero-order chi connectivity index (χ0) is 30.0. The second-order valence-corrected chi connectivity index (χ2v) is 10.3. The molecule has 2 aliphatic heterocycles. The molecular weight excluding hydrogens is 572 g/mol. The highest BCUT2D eigenvalue weighted by Crippen LogP contribution is 2.32. The number of likely N-dealkylation sites (tertiary alicyclic amines) is 1. The van der Waals surface area contributed by atoms with Gasteiger partial charge < -0.3 is 24.1 Å². The summed E-state index contributed by atoms with van der Waals surface area (Å²) in [6.07, 6.45) is 12.4. The highest BCUT2D eigenvalue weighted by Gasteiger charge is 2.15. The molecule has 0 atom stereocenters. The summed E-state index contributed by atoms with van der Waals surface area (Å²) in [7, 11) is 0. The molecule has 6 rings (SSSR count). The van der Waals surface area contributed by atoms with Gasteiger partial charge in [-0.25, -0.2) is 4.79 Å². The molecule has 10 nitrogen and oxygen atoms in total. The van der Waals surface area contributed by atoms with Gasteiger partial charge in [0.15, 0.2) is 17.1 Å². The van der Waals surface area contributed by atoms with Crippen LogP contribution in [0.2, 0.25) is 5.02 Å². The van der Waals surface area contributed by atoms with Gasteiger partial charge in [0.1, 0.15) is 6.54 Å². The van der Waals surface area contributed by atoms with Crippen molar-refractivity contribution in [1.82, 2.24) is 19.8 Å². The Bertz CT molecular complexity index is 1690. The molecule has 1 saturated heterocycles. The van der Waals surface area contributed by atoms with Crippen LogP contribution in [-0.2, 0) is 22.7 Å². The molecule has 0 aliphatic carbocycles. The second-order valence-electron chi connectivity index (χ2n) is 9.88. The van der Waals surface area contributed by atoms with Crippen LogP contribution in [-0.4, -0.2) is 46.1 Å². The molecule has 1 N–H and O–H groups in total. The van der Waals surface area contributed by atoms with Crippen molar-refractivity contribution in [3.63, 3.8) is 0 Å². The van der Waals surface area contributed by atoms with Crippen LogP contribution >= 0.6 is 11.6 Å². The molecule has 11 heteroatoms. The van der Waals surface area contributed by atoms with E-state index in [1.54, 1.807) is 42.6 Å². The quantitative estimate of drug-likeness (QED) is 0.235. The first-order chi connectivity index (χ1) is 21.0. The van der Waals surface area contributed by atoms with E-state index in [1.165, 1.54) is 11.0 Å². The number of carbonyl (C=O) groups is 2. The van der Waals surface area contributed by atoms with E-state index in [9.17, 15) is 14.4 Å². The van der Waals surface area contributed by atoms with Crippen LogP contribution in [0.1, 0.15) is 30.5 Å². The minimum Gasteiger partial charge on any atom is -0.454 e. The van der Waals surface area contributed by atoms with Crippen molar-refractivity contribution < 1.29 is 23.5 Å². The summed E-state index contributed by atoms with van der Waals surface area (Å²) in [5.41, 5.74) is 2.65. The number of carbonyl (C=O) groups excluding carboxylic acids is 2. The number of oxazole rings is 1. The Kier molecular flexibility index (Phi) is 9.91. The van der Waals surface area contributed by atoms with Crippen LogP contribution in [0, 0.1) is 0 Å². The number of pyridine rings is 1. The number of piperidine rings is 1. The molecule has 0 saturated carbocycles. The topological polar surface area (TPSA) is 116 Å². The average molecular weight is 603 g/mol. The summed E-state index contributed by atoms with van der Waals surface area (Å²) in [5.74, 6) is 0.759. The highest BCUT2D eigenvalue weighted by molar-refractivity contribution is 6.31. The number of ether oxygens (including phenoxy) is 2. The van der Waals surface area contributed by atoms with E-state index in [-0.39, 0.29) is 25.2 Å². The SMILES string of the molecule is O=C(C=CC=Cc1ccc2c(c1)OCO2)N1CCCCC1.O=C(Cn1c(=O)oc2cc(Cl)ccc21)NCc1ccccn1. The number of aromatic nitrogens is 2. The van der Waals surface area contributed by atoms with Gasteiger partial charge in [0.25, 0.3) is 0 Å². The molecule has 0 radical (unpaired) electrons. The number of rotatable bonds is 7. The maximum Gasteiger partial charge on any atom is 0.420 e. The summed E-state index contributed by atoms with van der Waals surface area (Å²) >= 11 is 5.85. The van der Waals surface area contributed by atoms with E-state index in [0.29, 0.717) is 22.7 Å². The molecule has 0 bridgehead atoms.